The molecule has 106 valence electrons. The number of carbonyl (C=O) groups is 1. The van der Waals surface area contributed by atoms with Gasteiger partial charge in [0.2, 0.25) is 0 Å². The maximum Gasteiger partial charge on any atom is 0.185 e. The summed E-state index contributed by atoms with van der Waals surface area (Å²) in [6.07, 6.45) is 0. The SMILES string of the molecule is CCOCCOc1ccc(S(=O)(=O)CC(C)=O)cc1. The molecule has 1 rings (SSSR count). The smallest absolute Gasteiger partial charge is 0.185 e. The van der Waals surface area contributed by atoms with Crippen LogP contribution in [0.4, 0.5) is 0 Å². The Morgan fingerprint density at radius 3 is 2.32 bits per heavy atom. The van der Waals surface area contributed by atoms with Gasteiger partial charge in [0.25, 0.3) is 0 Å². The minimum absolute atomic E-state index is 0.125. The second-order valence-electron chi connectivity index (χ2n) is 3.98. The molecular formula is C13H18O5S. The summed E-state index contributed by atoms with van der Waals surface area (Å²) in [7, 11) is -3.54. The average Bonchev–Trinajstić information content (AvgIpc) is 2.34. The molecule has 0 fully saturated rings. The Morgan fingerprint density at radius 2 is 1.79 bits per heavy atom. The topological polar surface area (TPSA) is 69.7 Å². The van der Waals surface area contributed by atoms with Gasteiger partial charge in [0, 0.05) is 6.61 Å². The molecule has 1 aromatic carbocycles. The third kappa shape index (κ3) is 5.40. The lowest BCUT2D eigenvalue weighted by Crippen LogP contribution is -2.13. The van der Waals surface area contributed by atoms with Crippen LogP contribution >= 0.6 is 0 Å². The van der Waals surface area contributed by atoms with Crippen molar-refractivity contribution in [2.24, 2.45) is 0 Å². The number of rotatable bonds is 8. The quantitative estimate of drug-likeness (QED) is 0.677. The minimum atomic E-state index is -3.54. The van der Waals surface area contributed by atoms with Gasteiger partial charge in [0.15, 0.2) is 9.84 Å². The van der Waals surface area contributed by atoms with Gasteiger partial charge in [0.1, 0.15) is 23.9 Å². The zero-order chi connectivity index (χ0) is 14.3. The van der Waals surface area contributed by atoms with Crippen LogP contribution in [0.3, 0.4) is 0 Å². The van der Waals surface area contributed by atoms with Gasteiger partial charge < -0.3 is 9.47 Å². The standard InChI is InChI=1S/C13H18O5S/c1-3-17-8-9-18-12-4-6-13(7-5-12)19(15,16)10-11(2)14/h4-7H,3,8-10H2,1-2H3. The number of carbonyl (C=O) groups excluding carboxylic acids is 1. The van der Waals surface area contributed by atoms with Crippen molar-refractivity contribution in [3.63, 3.8) is 0 Å². The van der Waals surface area contributed by atoms with E-state index >= 15 is 0 Å². The van der Waals surface area contributed by atoms with Crippen LogP contribution in [0, 0.1) is 0 Å². The highest BCUT2D eigenvalue weighted by Crippen LogP contribution is 2.17. The maximum absolute atomic E-state index is 11.8. The molecule has 0 saturated carbocycles. The van der Waals surface area contributed by atoms with Gasteiger partial charge in [-0.2, -0.15) is 0 Å². The first-order valence-corrected chi connectivity index (χ1v) is 7.63. The predicted octanol–water partition coefficient (Wildman–Crippen LogP) is 1.46. The Hall–Kier alpha value is -1.40. The van der Waals surface area contributed by atoms with E-state index in [1.165, 1.54) is 19.1 Å². The molecule has 0 radical (unpaired) electrons. The van der Waals surface area contributed by atoms with E-state index in [-0.39, 0.29) is 10.7 Å². The Morgan fingerprint density at radius 1 is 1.16 bits per heavy atom. The van der Waals surface area contributed by atoms with Crippen LogP contribution in [0.5, 0.6) is 5.75 Å². The van der Waals surface area contributed by atoms with E-state index in [1.54, 1.807) is 12.1 Å². The normalized spacial score (nSPS) is 11.3. The summed E-state index contributed by atoms with van der Waals surface area (Å²) in [4.78, 5) is 11.0. The molecule has 6 heteroatoms. The first-order chi connectivity index (χ1) is 8.95. The summed E-state index contributed by atoms with van der Waals surface area (Å²) in [6, 6.07) is 6.01. The molecule has 5 nitrogen and oxygen atoms in total. The molecule has 0 aliphatic carbocycles. The Labute approximate surface area is 113 Å². The zero-order valence-corrected chi connectivity index (χ0v) is 11.9. The fourth-order valence-corrected chi connectivity index (χ4v) is 2.71. The second-order valence-corrected chi connectivity index (χ2v) is 5.97. The zero-order valence-electron chi connectivity index (χ0n) is 11.1. The number of Topliss-reactive ketones (excluding diaryl/α,β-unsaturated/α-hetero) is 1. The van der Waals surface area contributed by atoms with E-state index in [0.29, 0.717) is 25.6 Å². The fraction of sp³-hybridized carbons (Fsp3) is 0.462. The van der Waals surface area contributed by atoms with Crippen LogP contribution in [0.2, 0.25) is 0 Å². The van der Waals surface area contributed by atoms with Crippen molar-refractivity contribution in [1.29, 1.82) is 0 Å². The molecular weight excluding hydrogens is 268 g/mol. The third-order valence-electron chi connectivity index (χ3n) is 2.28. The van der Waals surface area contributed by atoms with Crippen molar-refractivity contribution in [1.82, 2.24) is 0 Å². The van der Waals surface area contributed by atoms with Crippen LogP contribution in [0.15, 0.2) is 29.2 Å². The van der Waals surface area contributed by atoms with Crippen molar-refractivity contribution in [3.05, 3.63) is 24.3 Å². The highest BCUT2D eigenvalue weighted by atomic mass is 32.2. The maximum atomic E-state index is 11.8. The van der Waals surface area contributed by atoms with Crippen LogP contribution < -0.4 is 4.74 Å². The van der Waals surface area contributed by atoms with Crippen molar-refractivity contribution in [3.8, 4) is 5.75 Å². The van der Waals surface area contributed by atoms with Gasteiger partial charge in [-0.05, 0) is 38.1 Å². The molecule has 0 aromatic heterocycles. The van der Waals surface area contributed by atoms with E-state index in [9.17, 15) is 13.2 Å². The molecule has 0 bridgehead atoms. The Balaban J connectivity index is 2.63. The van der Waals surface area contributed by atoms with Crippen LogP contribution in [-0.4, -0.2) is 39.8 Å². The predicted molar refractivity (Wildman–Crippen MR) is 71.2 cm³/mol. The first kappa shape index (κ1) is 15.7. The largest absolute Gasteiger partial charge is 0.491 e. The van der Waals surface area contributed by atoms with E-state index in [2.05, 4.69) is 0 Å². The average molecular weight is 286 g/mol. The molecule has 0 spiro atoms. The van der Waals surface area contributed by atoms with Gasteiger partial charge in [-0.3, -0.25) is 4.79 Å². The molecule has 1 aromatic rings. The lowest BCUT2D eigenvalue weighted by atomic mass is 10.3. The third-order valence-corrected chi connectivity index (χ3v) is 4.05. The number of hydrogen-bond donors (Lipinski definition) is 0. The van der Waals surface area contributed by atoms with Crippen molar-refractivity contribution >= 4 is 15.6 Å². The number of benzene rings is 1. The van der Waals surface area contributed by atoms with Crippen LogP contribution in [0.25, 0.3) is 0 Å². The summed E-state index contributed by atoms with van der Waals surface area (Å²) in [5.74, 6) is -0.282. The summed E-state index contributed by atoms with van der Waals surface area (Å²) >= 11 is 0. The summed E-state index contributed by atoms with van der Waals surface area (Å²) in [5, 5.41) is 0. The summed E-state index contributed by atoms with van der Waals surface area (Å²) in [6.45, 7) is 4.68. The van der Waals surface area contributed by atoms with Gasteiger partial charge >= 0.3 is 0 Å². The monoisotopic (exact) mass is 286 g/mol. The number of ketones is 1. The molecule has 0 heterocycles. The number of hydrogen-bond acceptors (Lipinski definition) is 5. The minimum Gasteiger partial charge on any atom is -0.491 e. The van der Waals surface area contributed by atoms with Crippen molar-refractivity contribution in [2.45, 2.75) is 18.7 Å². The Bertz CT molecular complexity index is 504. The second kappa shape index (κ2) is 7.25. The summed E-state index contributed by atoms with van der Waals surface area (Å²) < 4.78 is 34.0. The van der Waals surface area contributed by atoms with Crippen molar-refractivity contribution < 1.29 is 22.7 Å². The highest BCUT2D eigenvalue weighted by molar-refractivity contribution is 7.92. The molecule has 0 unspecified atom stereocenters. The van der Waals surface area contributed by atoms with E-state index in [1.807, 2.05) is 6.92 Å². The van der Waals surface area contributed by atoms with Gasteiger partial charge in [0.05, 0.1) is 11.5 Å². The Kier molecular flexibility index (Phi) is 5.98. The fourth-order valence-electron chi connectivity index (χ4n) is 1.46. The lowest BCUT2D eigenvalue weighted by molar-refractivity contribution is -0.114. The highest BCUT2D eigenvalue weighted by Gasteiger charge is 2.16. The van der Waals surface area contributed by atoms with Gasteiger partial charge in [-0.25, -0.2) is 8.42 Å². The molecule has 0 N–H and O–H groups in total. The molecule has 0 aliphatic heterocycles. The molecule has 0 saturated heterocycles. The molecule has 0 atom stereocenters. The van der Waals surface area contributed by atoms with Crippen LogP contribution in [-0.2, 0) is 19.4 Å². The molecule has 0 amide bonds. The van der Waals surface area contributed by atoms with E-state index < -0.39 is 15.6 Å². The number of ether oxygens (including phenoxy) is 2. The van der Waals surface area contributed by atoms with E-state index in [4.69, 9.17) is 9.47 Å². The van der Waals surface area contributed by atoms with Crippen LogP contribution in [0.1, 0.15) is 13.8 Å². The van der Waals surface area contributed by atoms with E-state index in [0.717, 1.165) is 0 Å². The first-order valence-electron chi connectivity index (χ1n) is 5.98. The van der Waals surface area contributed by atoms with Crippen molar-refractivity contribution in [2.75, 3.05) is 25.6 Å². The molecule has 0 aliphatic rings. The molecule has 19 heavy (non-hydrogen) atoms. The number of sulfone groups is 1. The van der Waals surface area contributed by atoms with Gasteiger partial charge in [-0.15, -0.1) is 0 Å². The lowest BCUT2D eigenvalue weighted by Gasteiger charge is -2.07. The van der Waals surface area contributed by atoms with Gasteiger partial charge in [-0.1, -0.05) is 0 Å². The summed E-state index contributed by atoms with van der Waals surface area (Å²) in [5.41, 5.74) is 0.